The Bertz CT molecular complexity index is 170. The van der Waals surface area contributed by atoms with E-state index in [1.807, 2.05) is 0 Å². The summed E-state index contributed by atoms with van der Waals surface area (Å²) in [6.07, 6.45) is 15.3. The maximum Gasteiger partial charge on any atom is 0.130 e. The highest BCUT2D eigenvalue weighted by molar-refractivity contribution is 5.75. The van der Waals surface area contributed by atoms with Crippen molar-refractivity contribution < 1.29 is 4.79 Å². The monoisotopic (exact) mass is 210 g/mol. The molecular weight excluding hydrogens is 184 g/mol. The average Bonchev–Trinajstić information content (AvgIpc) is 2.20. The molecule has 0 saturated heterocycles. The van der Waals surface area contributed by atoms with Crippen molar-refractivity contribution in [2.45, 2.75) is 71.6 Å². The van der Waals surface area contributed by atoms with Crippen LogP contribution >= 0.6 is 0 Å². The molecule has 0 rings (SSSR count). The van der Waals surface area contributed by atoms with Gasteiger partial charge in [0.05, 0.1) is 0 Å². The third-order valence-corrected chi connectivity index (χ3v) is 2.55. The molecule has 0 spiro atoms. The van der Waals surface area contributed by atoms with Crippen LogP contribution in [-0.2, 0) is 4.79 Å². The van der Waals surface area contributed by atoms with E-state index in [-0.39, 0.29) is 0 Å². The Hall–Kier alpha value is -0.590. The molecule has 0 bridgehead atoms. The molecule has 0 saturated carbocycles. The summed E-state index contributed by atoms with van der Waals surface area (Å²) in [6.45, 7) is 3.90. The van der Waals surface area contributed by atoms with Crippen LogP contribution in [-0.4, -0.2) is 5.78 Å². The Morgan fingerprint density at radius 1 is 0.933 bits per heavy atom. The van der Waals surface area contributed by atoms with Crippen molar-refractivity contribution in [3.05, 3.63) is 12.2 Å². The van der Waals surface area contributed by atoms with Gasteiger partial charge in [-0.2, -0.15) is 0 Å². The van der Waals surface area contributed by atoms with E-state index in [2.05, 4.69) is 19.1 Å². The van der Waals surface area contributed by atoms with Crippen LogP contribution in [0, 0.1) is 0 Å². The van der Waals surface area contributed by atoms with E-state index < -0.39 is 0 Å². The predicted octanol–water partition coefficient (Wildman–Crippen LogP) is 4.66. The van der Waals surface area contributed by atoms with E-state index in [0.717, 1.165) is 6.42 Å². The molecule has 1 heteroatoms. The molecule has 0 aliphatic heterocycles. The first-order valence-corrected chi connectivity index (χ1v) is 6.41. The van der Waals surface area contributed by atoms with Gasteiger partial charge in [-0.05, 0) is 26.2 Å². The van der Waals surface area contributed by atoms with Gasteiger partial charge >= 0.3 is 0 Å². The Labute approximate surface area is 95.0 Å². The van der Waals surface area contributed by atoms with Crippen molar-refractivity contribution in [2.75, 3.05) is 0 Å². The molecule has 0 radical (unpaired) electrons. The second kappa shape index (κ2) is 11.5. The first-order valence-electron chi connectivity index (χ1n) is 6.41. The highest BCUT2D eigenvalue weighted by atomic mass is 16.1. The summed E-state index contributed by atoms with van der Waals surface area (Å²) in [4.78, 5) is 10.6. The highest BCUT2D eigenvalue weighted by Gasteiger charge is 1.89. The van der Waals surface area contributed by atoms with Crippen molar-refractivity contribution in [1.82, 2.24) is 0 Å². The highest BCUT2D eigenvalue weighted by Crippen LogP contribution is 2.07. The summed E-state index contributed by atoms with van der Waals surface area (Å²) in [5, 5.41) is 0. The molecule has 0 amide bonds. The van der Waals surface area contributed by atoms with Gasteiger partial charge in [0, 0.05) is 6.42 Å². The number of Topliss-reactive ketones (excluding diaryl/α,β-unsaturated/α-hetero) is 1. The molecule has 0 aliphatic carbocycles. The minimum atomic E-state index is 0.291. The fraction of sp³-hybridized carbons (Fsp3) is 0.786. The summed E-state index contributed by atoms with van der Waals surface area (Å²) in [5.74, 6) is 0.291. The van der Waals surface area contributed by atoms with Gasteiger partial charge in [-0.15, -0.1) is 0 Å². The second-order valence-electron chi connectivity index (χ2n) is 4.27. The van der Waals surface area contributed by atoms with E-state index in [4.69, 9.17) is 0 Å². The van der Waals surface area contributed by atoms with Crippen molar-refractivity contribution in [1.29, 1.82) is 0 Å². The van der Waals surface area contributed by atoms with Gasteiger partial charge in [-0.1, -0.05) is 51.2 Å². The van der Waals surface area contributed by atoms with Crippen molar-refractivity contribution >= 4 is 5.78 Å². The van der Waals surface area contributed by atoms with Crippen LogP contribution in [0.4, 0.5) is 0 Å². The van der Waals surface area contributed by atoms with Gasteiger partial charge in [-0.25, -0.2) is 0 Å². The van der Waals surface area contributed by atoms with Crippen LogP contribution in [0.15, 0.2) is 12.2 Å². The zero-order valence-corrected chi connectivity index (χ0v) is 10.4. The lowest BCUT2D eigenvalue weighted by atomic mass is 10.1. The molecule has 0 aromatic carbocycles. The maximum atomic E-state index is 10.6. The minimum Gasteiger partial charge on any atom is -0.300 e. The molecular formula is C14H26O. The molecule has 15 heavy (non-hydrogen) atoms. The van der Waals surface area contributed by atoms with Gasteiger partial charge in [0.2, 0.25) is 0 Å². The molecule has 0 fully saturated rings. The van der Waals surface area contributed by atoms with Crippen LogP contribution in [0.3, 0.4) is 0 Å². The SMILES string of the molecule is CCCCCCCC/C=C/CCC(C)=O. The number of carbonyl (C=O) groups is 1. The summed E-state index contributed by atoms with van der Waals surface area (Å²) >= 11 is 0. The third kappa shape index (κ3) is 13.4. The van der Waals surface area contributed by atoms with Gasteiger partial charge in [-0.3, -0.25) is 0 Å². The van der Waals surface area contributed by atoms with Crippen LogP contribution in [0.2, 0.25) is 0 Å². The van der Waals surface area contributed by atoms with Gasteiger partial charge < -0.3 is 4.79 Å². The van der Waals surface area contributed by atoms with Crippen LogP contribution in [0.5, 0.6) is 0 Å². The van der Waals surface area contributed by atoms with Gasteiger partial charge in [0.15, 0.2) is 0 Å². The van der Waals surface area contributed by atoms with Gasteiger partial charge in [0.1, 0.15) is 5.78 Å². The number of unbranched alkanes of at least 4 members (excludes halogenated alkanes) is 6. The summed E-state index contributed by atoms with van der Waals surface area (Å²) in [6, 6.07) is 0. The zero-order valence-electron chi connectivity index (χ0n) is 10.4. The number of ketones is 1. The molecule has 0 aromatic heterocycles. The Kier molecular flexibility index (Phi) is 11.0. The summed E-state index contributed by atoms with van der Waals surface area (Å²) < 4.78 is 0. The molecule has 0 aliphatic rings. The number of hydrogen-bond acceptors (Lipinski definition) is 1. The van der Waals surface area contributed by atoms with Crippen molar-refractivity contribution in [2.24, 2.45) is 0 Å². The smallest absolute Gasteiger partial charge is 0.130 e. The largest absolute Gasteiger partial charge is 0.300 e. The summed E-state index contributed by atoms with van der Waals surface area (Å²) in [7, 11) is 0. The normalized spacial score (nSPS) is 11.1. The number of hydrogen-bond donors (Lipinski definition) is 0. The topological polar surface area (TPSA) is 17.1 Å². The fourth-order valence-corrected chi connectivity index (χ4v) is 1.56. The molecule has 1 nitrogen and oxygen atoms in total. The van der Waals surface area contributed by atoms with Gasteiger partial charge in [0.25, 0.3) is 0 Å². The Morgan fingerprint density at radius 3 is 2.20 bits per heavy atom. The van der Waals surface area contributed by atoms with Crippen molar-refractivity contribution in [3.63, 3.8) is 0 Å². The number of allylic oxidation sites excluding steroid dienone is 2. The van der Waals surface area contributed by atoms with Crippen LogP contribution in [0.1, 0.15) is 71.6 Å². The van der Waals surface area contributed by atoms with E-state index in [1.54, 1.807) is 6.92 Å². The van der Waals surface area contributed by atoms with Crippen LogP contribution < -0.4 is 0 Å². The predicted molar refractivity (Wildman–Crippen MR) is 67.0 cm³/mol. The van der Waals surface area contributed by atoms with E-state index in [9.17, 15) is 4.79 Å². The molecule has 0 atom stereocenters. The third-order valence-electron chi connectivity index (χ3n) is 2.55. The lowest BCUT2D eigenvalue weighted by Crippen LogP contribution is -1.86. The van der Waals surface area contributed by atoms with E-state index in [0.29, 0.717) is 12.2 Å². The van der Waals surface area contributed by atoms with Crippen LogP contribution in [0.25, 0.3) is 0 Å². The minimum absolute atomic E-state index is 0.291. The lowest BCUT2D eigenvalue weighted by Gasteiger charge is -1.97. The summed E-state index contributed by atoms with van der Waals surface area (Å²) in [5.41, 5.74) is 0. The maximum absolute atomic E-state index is 10.6. The van der Waals surface area contributed by atoms with Crippen molar-refractivity contribution in [3.8, 4) is 0 Å². The Balaban J connectivity index is 3.06. The second-order valence-corrected chi connectivity index (χ2v) is 4.27. The molecule has 88 valence electrons. The first-order chi connectivity index (χ1) is 7.27. The zero-order chi connectivity index (χ0) is 11.4. The first kappa shape index (κ1) is 14.4. The standard InChI is InChI=1S/C14H26O/c1-3-4-5-6-7-8-9-10-11-12-13-14(2)15/h10-11H,3-9,12-13H2,1-2H3/b11-10+. The molecule has 0 unspecified atom stereocenters. The quantitative estimate of drug-likeness (QED) is 0.378. The van der Waals surface area contributed by atoms with E-state index >= 15 is 0 Å². The molecule has 0 aromatic rings. The number of rotatable bonds is 10. The molecule has 0 heterocycles. The fourth-order valence-electron chi connectivity index (χ4n) is 1.56. The van der Waals surface area contributed by atoms with E-state index in [1.165, 1.54) is 44.9 Å². The molecule has 0 N–H and O–H groups in total. The number of carbonyl (C=O) groups excluding carboxylic acids is 1. The average molecular weight is 210 g/mol. The Morgan fingerprint density at radius 2 is 1.53 bits per heavy atom. The lowest BCUT2D eigenvalue weighted by molar-refractivity contribution is -0.116.